The van der Waals surface area contributed by atoms with Crippen LogP contribution < -0.4 is 4.74 Å². The SMILES string of the molecule is CC1c2cccn2CCN1CCOc1cc(Cl)ccc1Cl. The van der Waals surface area contributed by atoms with Crippen molar-refractivity contribution in [2.24, 2.45) is 0 Å². The van der Waals surface area contributed by atoms with E-state index in [4.69, 9.17) is 27.9 Å². The number of halogens is 2. The zero-order valence-corrected chi connectivity index (χ0v) is 13.4. The Kier molecular flexibility index (Phi) is 4.43. The molecule has 0 spiro atoms. The maximum Gasteiger partial charge on any atom is 0.139 e. The van der Waals surface area contributed by atoms with Gasteiger partial charge in [-0.1, -0.05) is 23.2 Å². The molecular weight excluding hydrogens is 307 g/mol. The smallest absolute Gasteiger partial charge is 0.139 e. The van der Waals surface area contributed by atoms with E-state index in [0.29, 0.717) is 28.4 Å². The maximum atomic E-state index is 6.10. The van der Waals surface area contributed by atoms with Crippen LogP contribution in [0, 0.1) is 0 Å². The van der Waals surface area contributed by atoms with E-state index >= 15 is 0 Å². The lowest BCUT2D eigenvalue weighted by molar-refractivity contribution is 0.139. The van der Waals surface area contributed by atoms with Gasteiger partial charge in [0.2, 0.25) is 0 Å². The van der Waals surface area contributed by atoms with Gasteiger partial charge in [-0.25, -0.2) is 0 Å². The second kappa shape index (κ2) is 6.30. The minimum Gasteiger partial charge on any atom is -0.491 e. The Labute approximate surface area is 135 Å². The summed E-state index contributed by atoms with van der Waals surface area (Å²) in [7, 11) is 0. The first-order valence-corrected chi connectivity index (χ1v) is 7.87. The van der Waals surface area contributed by atoms with Gasteiger partial charge in [0, 0.05) is 48.7 Å². The van der Waals surface area contributed by atoms with E-state index in [-0.39, 0.29) is 0 Å². The molecule has 3 rings (SSSR count). The Balaban J connectivity index is 1.58. The fraction of sp³-hybridized carbons (Fsp3) is 0.375. The van der Waals surface area contributed by atoms with Gasteiger partial charge in [-0.15, -0.1) is 0 Å². The van der Waals surface area contributed by atoms with Crippen molar-refractivity contribution < 1.29 is 4.74 Å². The molecule has 0 aliphatic carbocycles. The molecule has 0 N–H and O–H groups in total. The highest BCUT2D eigenvalue weighted by molar-refractivity contribution is 6.34. The summed E-state index contributed by atoms with van der Waals surface area (Å²) in [5.41, 5.74) is 1.36. The molecule has 1 aromatic carbocycles. The number of nitrogens with zero attached hydrogens (tertiary/aromatic N) is 2. The minimum atomic E-state index is 0.409. The van der Waals surface area contributed by atoms with Gasteiger partial charge in [0.15, 0.2) is 0 Å². The molecule has 2 aromatic rings. The van der Waals surface area contributed by atoms with Crippen LogP contribution in [0.3, 0.4) is 0 Å². The minimum absolute atomic E-state index is 0.409. The highest BCUT2D eigenvalue weighted by Crippen LogP contribution is 2.28. The van der Waals surface area contributed by atoms with Crippen molar-refractivity contribution >= 4 is 23.2 Å². The normalized spacial score (nSPS) is 18.5. The summed E-state index contributed by atoms with van der Waals surface area (Å²) in [5.74, 6) is 0.650. The molecule has 2 heterocycles. The summed E-state index contributed by atoms with van der Waals surface area (Å²) < 4.78 is 8.09. The zero-order valence-electron chi connectivity index (χ0n) is 11.9. The zero-order chi connectivity index (χ0) is 14.8. The molecule has 0 fully saturated rings. The Morgan fingerprint density at radius 2 is 2.10 bits per heavy atom. The second-order valence-corrected chi connectivity index (χ2v) is 6.11. The molecule has 0 amide bonds. The van der Waals surface area contributed by atoms with Gasteiger partial charge < -0.3 is 9.30 Å². The molecule has 21 heavy (non-hydrogen) atoms. The third kappa shape index (κ3) is 3.20. The van der Waals surface area contributed by atoms with Crippen molar-refractivity contribution in [3.63, 3.8) is 0 Å². The number of hydrogen-bond donors (Lipinski definition) is 0. The molecule has 0 radical (unpaired) electrons. The third-order valence-corrected chi connectivity index (χ3v) is 4.55. The number of benzene rings is 1. The van der Waals surface area contributed by atoms with Crippen LogP contribution in [0.15, 0.2) is 36.5 Å². The fourth-order valence-electron chi connectivity index (χ4n) is 2.79. The molecule has 0 saturated heterocycles. The summed E-state index contributed by atoms with van der Waals surface area (Å²) in [6.07, 6.45) is 2.14. The van der Waals surface area contributed by atoms with Crippen LogP contribution in [-0.4, -0.2) is 29.2 Å². The number of rotatable bonds is 4. The summed E-state index contributed by atoms with van der Waals surface area (Å²) in [6.45, 7) is 5.78. The van der Waals surface area contributed by atoms with Crippen LogP contribution >= 0.6 is 23.2 Å². The van der Waals surface area contributed by atoms with Crippen LogP contribution in [-0.2, 0) is 6.54 Å². The lowest BCUT2D eigenvalue weighted by Gasteiger charge is -2.34. The molecule has 0 saturated carbocycles. The van der Waals surface area contributed by atoms with E-state index in [2.05, 4.69) is 34.7 Å². The van der Waals surface area contributed by atoms with E-state index in [1.807, 2.05) is 0 Å². The fourth-order valence-corrected chi connectivity index (χ4v) is 3.13. The highest BCUT2D eigenvalue weighted by atomic mass is 35.5. The molecule has 5 heteroatoms. The van der Waals surface area contributed by atoms with Crippen molar-refractivity contribution in [2.75, 3.05) is 19.7 Å². The van der Waals surface area contributed by atoms with E-state index in [9.17, 15) is 0 Å². The van der Waals surface area contributed by atoms with Crippen molar-refractivity contribution in [2.45, 2.75) is 19.5 Å². The van der Waals surface area contributed by atoms with Gasteiger partial charge in [-0.2, -0.15) is 0 Å². The largest absolute Gasteiger partial charge is 0.491 e. The van der Waals surface area contributed by atoms with E-state index in [1.165, 1.54) is 5.69 Å². The Bertz CT molecular complexity index is 626. The van der Waals surface area contributed by atoms with Gasteiger partial charge in [-0.3, -0.25) is 4.90 Å². The average Bonchev–Trinajstić information content (AvgIpc) is 2.94. The number of aromatic nitrogens is 1. The van der Waals surface area contributed by atoms with Crippen molar-refractivity contribution in [3.05, 3.63) is 52.3 Å². The molecule has 0 bridgehead atoms. The van der Waals surface area contributed by atoms with E-state index < -0.39 is 0 Å². The first-order valence-electron chi connectivity index (χ1n) is 7.12. The molecular formula is C16H18Cl2N2O. The van der Waals surface area contributed by atoms with Crippen LogP contribution in [0.25, 0.3) is 0 Å². The number of ether oxygens (including phenoxy) is 1. The average molecular weight is 325 g/mol. The van der Waals surface area contributed by atoms with Crippen LogP contribution in [0.1, 0.15) is 18.7 Å². The molecule has 1 aromatic heterocycles. The standard InChI is InChI=1S/C16H18Cl2N2O/c1-12-15-3-2-6-20(15)8-7-19(12)9-10-21-16-11-13(17)4-5-14(16)18/h2-6,11-12H,7-10H2,1H3. The van der Waals surface area contributed by atoms with Crippen molar-refractivity contribution in [3.8, 4) is 5.75 Å². The molecule has 1 unspecified atom stereocenters. The van der Waals surface area contributed by atoms with Crippen molar-refractivity contribution in [1.82, 2.24) is 9.47 Å². The monoisotopic (exact) mass is 324 g/mol. The van der Waals surface area contributed by atoms with Gasteiger partial charge in [-0.05, 0) is 31.2 Å². The van der Waals surface area contributed by atoms with Gasteiger partial charge >= 0.3 is 0 Å². The number of fused-ring (bicyclic) bond motifs is 1. The van der Waals surface area contributed by atoms with Gasteiger partial charge in [0.05, 0.1) is 5.02 Å². The van der Waals surface area contributed by atoms with Gasteiger partial charge in [0.25, 0.3) is 0 Å². The summed E-state index contributed by atoms with van der Waals surface area (Å²) in [5, 5.41) is 1.23. The quantitative estimate of drug-likeness (QED) is 0.836. The lowest BCUT2D eigenvalue weighted by atomic mass is 10.1. The first kappa shape index (κ1) is 14.8. The summed E-state index contributed by atoms with van der Waals surface area (Å²) >= 11 is 12.1. The molecule has 112 valence electrons. The lowest BCUT2D eigenvalue weighted by Crippen LogP contribution is -2.38. The van der Waals surface area contributed by atoms with Crippen LogP contribution in [0.4, 0.5) is 0 Å². The molecule has 3 nitrogen and oxygen atoms in total. The molecule has 1 aliphatic heterocycles. The second-order valence-electron chi connectivity index (χ2n) is 5.26. The van der Waals surface area contributed by atoms with Gasteiger partial charge in [0.1, 0.15) is 12.4 Å². The van der Waals surface area contributed by atoms with E-state index in [1.54, 1.807) is 18.2 Å². The van der Waals surface area contributed by atoms with Crippen LogP contribution in [0.5, 0.6) is 5.75 Å². The highest BCUT2D eigenvalue weighted by Gasteiger charge is 2.22. The molecule has 1 atom stereocenters. The summed E-state index contributed by atoms with van der Waals surface area (Å²) in [6, 6.07) is 9.98. The maximum absolute atomic E-state index is 6.10. The predicted molar refractivity (Wildman–Crippen MR) is 86.4 cm³/mol. The third-order valence-electron chi connectivity index (χ3n) is 4.00. The predicted octanol–water partition coefficient (Wildman–Crippen LogP) is 4.25. The molecule has 1 aliphatic rings. The Morgan fingerprint density at radius 1 is 1.24 bits per heavy atom. The van der Waals surface area contributed by atoms with Crippen molar-refractivity contribution in [1.29, 1.82) is 0 Å². The van der Waals surface area contributed by atoms with Crippen LogP contribution in [0.2, 0.25) is 10.0 Å². The topological polar surface area (TPSA) is 17.4 Å². The summed E-state index contributed by atoms with van der Waals surface area (Å²) in [4.78, 5) is 2.42. The Hall–Kier alpha value is -1.16. The first-order chi connectivity index (χ1) is 10.1. The number of hydrogen-bond acceptors (Lipinski definition) is 2. The Morgan fingerprint density at radius 3 is 2.95 bits per heavy atom. The van der Waals surface area contributed by atoms with E-state index in [0.717, 1.165) is 19.6 Å².